The molecule has 0 aliphatic carbocycles. The second kappa shape index (κ2) is 3.32. The first-order valence-corrected chi connectivity index (χ1v) is 4.59. The second-order valence-electron chi connectivity index (χ2n) is 2.96. The van der Waals surface area contributed by atoms with Crippen LogP contribution < -0.4 is 15.8 Å². The van der Waals surface area contributed by atoms with E-state index < -0.39 is 0 Å². The van der Waals surface area contributed by atoms with Gasteiger partial charge in [0.1, 0.15) is 6.17 Å². The lowest BCUT2D eigenvalue weighted by atomic mass is 10.3. The zero-order valence-corrected chi connectivity index (χ0v) is 8.14. The number of anilines is 1. The van der Waals surface area contributed by atoms with Crippen LogP contribution in [0.2, 0.25) is 0 Å². The van der Waals surface area contributed by atoms with Crippen molar-refractivity contribution in [2.75, 3.05) is 4.90 Å². The molecule has 1 saturated heterocycles. The highest BCUT2D eigenvalue weighted by molar-refractivity contribution is 7.80. The van der Waals surface area contributed by atoms with Crippen LogP contribution in [-0.4, -0.2) is 11.3 Å². The van der Waals surface area contributed by atoms with E-state index in [-0.39, 0.29) is 6.17 Å². The van der Waals surface area contributed by atoms with Crippen LogP contribution in [0, 0.1) is 0 Å². The van der Waals surface area contributed by atoms with Gasteiger partial charge >= 0.3 is 0 Å². The highest BCUT2D eigenvalue weighted by Gasteiger charge is 2.24. The summed E-state index contributed by atoms with van der Waals surface area (Å²) in [6, 6.07) is 10.1. The number of nitrogens with zero attached hydrogens (tertiary/aromatic N) is 1. The van der Waals surface area contributed by atoms with E-state index in [4.69, 9.17) is 12.2 Å². The van der Waals surface area contributed by atoms with E-state index in [1.54, 1.807) is 0 Å². The third-order valence-corrected chi connectivity index (χ3v) is 2.33. The van der Waals surface area contributed by atoms with E-state index in [0.717, 1.165) is 10.8 Å². The molecule has 0 saturated carbocycles. The molecule has 2 rings (SSSR count). The van der Waals surface area contributed by atoms with Crippen molar-refractivity contribution in [1.82, 2.24) is 10.9 Å². The Labute approximate surface area is 82.7 Å². The Bertz CT molecular complexity index is 312. The summed E-state index contributed by atoms with van der Waals surface area (Å²) in [6.45, 7) is 2.05. The molecule has 0 bridgehead atoms. The Morgan fingerprint density at radius 1 is 1.31 bits per heavy atom. The lowest BCUT2D eigenvalue weighted by Gasteiger charge is -2.20. The molecule has 68 valence electrons. The molecular formula is C9H11N3S. The van der Waals surface area contributed by atoms with Gasteiger partial charge in [-0.05, 0) is 31.3 Å². The van der Waals surface area contributed by atoms with Gasteiger partial charge in [-0.15, -0.1) is 0 Å². The van der Waals surface area contributed by atoms with Crippen molar-refractivity contribution in [3.05, 3.63) is 30.3 Å². The summed E-state index contributed by atoms with van der Waals surface area (Å²) in [5, 5.41) is 0.721. The molecule has 1 aliphatic rings. The normalized spacial score (nSPS) is 21.8. The molecule has 1 aromatic rings. The van der Waals surface area contributed by atoms with Gasteiger partial charge in [0.05, 0.1) is 0 Å². The van der Waals surface area contributed by atoms with Gasteiger partial charge in [0.15, 0.2) is 5.11 Å². The number of rotatable bonds is 1. The first kappa shape index (κ1) is 8.47. The molecule has 13 heavy (non-hydrogen) atoms. The van der Waals surface area contributed by atoms with Gasteiger partial charge in [-0.3, -0.25) is 5.43 Å². The Morgan fingerprint density at radius 2 is 2.00 bits per heavy atom. The average Bonchev–Trinajstić information content (AvgIpc) is 2.48. The van der Waals surface area contributed by atoms with Gasteiger partial charge in [0.25, 0.3) is 0 Å². The van der Waals surface area contributed by atoms with E-state index in [2.05, 4.69) is 17.8 Å². The lowest BCUT2D eigenvalue weighted by Crippen LogP contribution is -2.33. The minimum absolute atomic E-state index is 0.204. The van der Waals surface area contributed by atoms with Gasteiger partial charge in [0.2, 0.25) is 0 Å². The minimum atomic E-state index is 0.204. The Morgan fingerprint density at radius 3 is 2.54 bits per heavy atom. The van der Waals surface area contributed by atoms with Gasteiger partial charge in [0, 0.05) is 5.69 Å². The Balaban J connectivity index is 2.30. The summed E-state index contributed by atoms with van der Waals surface area (Å²) in [5.74, 6) is 0. The first-order valence-electron chi connectivity index (χ1n) is 4.19. The van der Waals surface area contributed by atoms with Crippen molar-refractivity contribution < 1.29 is 0 Å². The third-order valence-electron chi connectivity index (χ3n) is 2.03. The fourth-order valence-corrected chi connectivity index (χ4v) is 1.72. The second-order valence-corrected chi connectivity index (χ2v) is 3.34. The SMILES string of the molecule is CC1NNC(=S)N1c1ccccc1. The largest absolute Gasteiger partial charge is 0.301 e. The molecule has 0 radical (unpaired) electrons. The maximum Gasteiger partial charge on any atom is 0.189 e. The van der Waals surface area contributed by atoms with Crippen LogP contribution in [0.25, 0.3) is 0 Å². The molecule has 1 unspecified atom stereocenters. The zero-order chi connectivity index (χ0) is 9.26. The van der Waals surface area contributed by atoms with Crippen molar-refractivity contribution in [3.8, 4) is 0 Å². The summed E-state index contributed by atoms with van der Waals surface area (Å²) in [4.78, 5) is 2.04. The Hall–Kier alpha value is -1.13. The van der Waals surface area contributed by atoms with E-state index in [0.29, 0.717) is 0 Å². The van der Waals surface area contributed by atoms with Crippen LogP contribution >= 0.6 is 12.2 Å². The average molecular weight is 193 g/mol. The molecule has 0 amide bonds. The molecule has 1 aliphatic heterocycles. The van der Waals surface area contributed by atoms with Crippen LogP contribution in [-0.2, 0) is 0 Å². The maximum absolute atomic E-state index is 5.15. The van der Waals surface area contributed by atoms with Crippen LogP contribution in [0.15, 0.2) is 30.3 Å². The molecule has 1 fully saturated rings. The summed E-state index contributed by atoms with van der Waals surface area (Å²) < 4.78 is 0. The van der Waals surface area contributed by atoms with E-state index >= 15 is 0 Å². The van der Waals surface area contributed by atoms with Crippen molar-refractivity contribution in [2.45, 2.75) is 13.1 Å². The third kappa shape index (κ3) is 1.50. The highest BCUT2D eigenvalue weighted by atomic mass is 32.1. The van der Waals surface area contributed by atoms with Gasteiger partial charge < -0.3 is 4.90 Å². The predicted octanol–water partition coefficient (Wildman–Crippen LogP) is 1.23. The standard InChI is InChI=1S/C9H11N3S/c1-7-10-11-9(13)12(7)8-5-3-2-4-6-8/h2-7,10H,1H3,(H,11,13). The van der Waals surface area contributed by atoms with Crippen molar-refractivity contribution in [2.24, 2.45) is 0 Å². The fourth-order valence-electron chi connectivity index (χ4n) is 1.40. The maximum atomic E-state index is 5.15. The number of hydrogen-bond acceptors (Lipinski definition) is 2. The quantitative estimate of drug-likeness (QED) is 0.656. The van der Waals surface area contributed by atoms with Gasteiger partial charge in [-0.25, -0.2) is 5.43 Å². The summed E-state index contributed by atoms with van der Waals surface area (Å²) >= 11 is 5.15. The molecule has 1 atom stereocenters. The summed E-state index contributed by atoms with van der Waals surface area (Å²) in [7, 11) is 0. The lowest BCUT2D eigenvalue weighted by molar-refractivity contribution is 0.600. The molecule has 1 aromatic carbocycles. The van der Waals surface area contributed by atoms with Crippen LogP contribution in [0.1, 0.15) is 6.92 Å². The molecule has 0 aromatic heterocycles. The smallest absolute Gasteiger partial charge is 0.189 e. The zero-order valence-electron chi connectivity index (χ0n) is 7.32. The number of para-hydroxylation sites is 1. The van der Waals surface area contributed by atoms with E-state index in [1.807, 2.05) is 35.2 Å². The highest BCUT2D eigenvalue weighted by Crippen LogP contribution is 2.17. The monoisotopic (exact) mass is 193 g/mol. The van der Waals surface area contributed by atoms with E-state index in [9.17, 15) is 0 Å². The van der Waals surface area contributed by atoms with Crippen LogP contribution in [0.4, 0.5) is 5.69 Å². The molecular weight excluding hydrogens is 182 g/mol. The molecule has 3 nitrogen and oxygen atoms in total. The first-order chi connectivity index (χ1) is 6.29. The predicted molar refractivity (Wildman–Crippen MR) is 57.3 cm³/mol. The summed E-state index contributed by atoms with van der Waals surface area (Å²) in [5.41, 5.74) is 7.09. The Kier molecular flexibility index (Phi) is 2.16. The molecule has 4 heteroatoms. The molecule has 1 heterocycles. The van der Waals surface area contributed by atoms with Gasteiger partial charge in [-0.2, -0.15) is 0 Å². The van der Waals surface area contributed by atoms with E-state index in [1.165, 1.54) is 0 Å². The number of hydrazine groups is 1. The van der Waals surface area contributed by atoms with Crippen molar-refractivity contribution in [1.29, 1.82) is 0 Å². The number of benzene rings is 1. The van der Waals surface area contributed by atoms with Crippen LogP contribution in [0.3, 0.4) is 0 Å². The number of thiocarbonyl (C=S) groups is 1. The van der Waals surface area contributed by atoms with Crippen molar-refractivity contribution >= 4 is 23.0 Å². The number of nitrogens with one attached hydrogen (secondary N) is 2. The van der Waals surface area contributed by atoms with Gasteiger partial charge in [-0.1, -0.05) is 18.2 Å². The fraction of sp³-hybridized carbons (Fsp3) is 0.222. The molecule has 2 N–H and O–H groups in total. The summed E-state index contributed by atoms with van der Waals surface area (Å²) in [6.07, 6.45) is 0.204. The molecule has 0 spiro atoms. The topological polar surface area (TPSA) is 27.3 Å². The number of hydrogen-bond donors (Lipinski definition) is 2. The minimum Gasteiger partial charge on any atom is -0.301 e. The van der Waals surface area contributed by atoms with Crippen LogP contribution in [0.5, 0.6) is 0 Å². The van der Waals surface area contributed by atoms with Crippen molar-refractivity contribution in [3.63, 3.8) is 0 Å².